The van der Waals surface area contributed by atoms with Crippen LogP contribution >= 0.6 is 36.2 Å². The van der Waals surface area contributed by atoms with Crippen molar-refractivity contribution < 1.29 is 0 Å². The minimum Gasteiger partial charge on any atom is -0.375 e. The lowest BCUT2D eigenvalue weighted by atomic mass is 9.79. The second kappa shape index (κ2) is 7.80. The first-order valence-electron chi connectivity index (χ1n) is 6.94. The molecule has 1 aromatic heterocycles. The van der Waals surface area contributed by atoms with Gasteiger partial charge in [-0.25, -0.2) is 4.98 Å². The Morgan fingerprint density at radius 3 is 2.70 bits per heavy atom. The van der Waals surface area contributed by atoms with Crippen molar-refractivity contribution in [3.8, 4) is 0 Å². The zero-order valence-electron chi connectivity index (χ0n) is 11.6. The highest BCUT2D eigenvalue weighted by atomic mass is 35.5. The van der Waals surface area contributed by atoms with Gasteiger partial charge in [0.05, 0.1) is 0 Å². The number of hydrogen-bond acceptors (Lipinski definition) is 5. The summed E-state index contributed by atoms with van der Waals surface area (Å²) in [5.74, 6) is 0. The Hall–Kier alpha value is -0.0700. The number of nitrogens with one attached hydrogen (secondary N) is 1. The Kier molecular flexibility index (Phi) is 7.01. The van der Waals surface area contributed by atoms with E-state index in [1.807, 2.05) is 6.20 Å². The van der Waals surface area contributed by atoms with Gasteiger partial charge in [-0.2, -0.15) is 0 Å². The van der Waals surface area contributed by atoms with Crippen molar-refractivity contribution in [3.63, 3.8) is 0 Å². The summed E-state index contributed by atoms with van der Waals surface area (Å²) in [4.78, 5) is 8.15. The molecule has 3 rings (SSSR count). The monoisotopic (exact) mass is 338 g/mol. The first kappa shape index (κ1) is 18.0. The van der Waals surface area contributed by atoms with Gasteiger partial charge >= 0.3 is 0 Å². The Bertz CT molecular complexity index is 399. The van der Waals surface area contributed by atoms with Gasteiger partial charge in [0, 0.05) is 42.8 Å². The zero-order chi connectivity index (χ0) is 12.4. The number of rotatable bonds is 2. The van der Waals surface area contributed by atoms with Gasteiger partial charge in [-0.1, -0.05) is 19.3 Å². The van der Waals surface area contributed by atoms with Crippen molar-refractivity contribution in [2.45, 2.75) is 44.2 Å². The number of nitrogens with zero attached hydrogens (tertiary/aromatic N) is 2. The first-order chi connectivity index (χ1) is 8.78. The molecule has 0 atom stereocenters. The molecule has 1 aromatic rings. The third-order valence-electron chi connectivity index (χ3n) is 4.39. The highest BCUT2D eigenvalue weighted by Crippen LogP contribution is 2.36. The Morgan fingerprint density at radius 2 is 2.05 bits per heavy atom. The summed E-state index contributed by atoms with van der Waals surface area (Å²) in [6.45, 7) is 4.44. The molecule has 0 amide bonds. The number of hydrogen-bond donors (Lipinski definition) is 2. The fourth-order valence-electron chi connectivity index (χ4n) is 3.42. The molecule has 0 unspecified atom stereocenters. The maximum absolute atomic E-state index is 5.73. The Labute approximate surface area is 137 Å². The molecule has 1 spiro atoms. The van der Waals surface area contributed by atoms with E-state index in [9.17, 15) is 0 Å². The lowest BCUT2D eigenvalue weighted by Gasteiger charge is -2.49. The number of thiazole rings is 1. The molecule has 3 N–H and O–H groups in total. The number of nitrogen functional groups attached to an aromatic ring is 1. The van der Waals surface area contributed by atoms with Crippen LogP contribution in [0.3, 0.4) is 0 Å². The van der Waals surface area contributed by atoms with Gasteiger partial charge in [0.15, 0.2) is 5.13 Å². The number of anilines is 1. The van der Waals surface area contributed by atoms with E-state index in [4.69, 9.17) is 5.73 Å². The van der Waals surface area contributed by atoms with Crippen molar-refractivity contribution in [1.29, 1.82) is 0 Å². The molecular formula is C13H24Cl2N4S. The van der Waals surface area contributed by atoms with E-state index in [2.05, 4.69) is 15.2 Å². The molecule has 0 radical (unpaired) electrons. The molecule has 2 fully saturated rings. The molecule has 1 saturated carbocycles. The fraction of sp³-hybridized carbons (Fsp3) is 0.769. The van der Waals surface area contributed by atoms with Gasteiger partial charge in [0.1, 0.15) is 0 Å². The average molecular weight is 339 g/mol. The van der Waals surface area contributed by atoms with Crippen LogP contribution in [0.15, 0.2) is 6.20 Å². The molecule has 7 heteroatoms. The summed E-state index contributed by atoms with van der Waals surface area (Å²) >= 11 is 1.63. The van der Waals surface area contributed by atoms with Crippen LogP contribution < -0.4 is 11.1 Å². The standard InChI is InChI=1S/C13H22N4S.2ClH/c14-12-16-8-11(18-12)9-17-7-6-15-10-13(17)4-2-1-3-5-13;;/h8,15H,1-7,9-10H2,(H2,14,16);2*1H. The fourth-order valence-corrected chi connectivity index (χ4v) is 4.12. The third-order valence-corrected chi connectivity index (χ3v) is 5.20. The maximum Gasteiger partial charge on any atom is 0.180 e. The SMILES string of the molecule is Cl.Cl.Nc1ncc(CN2CCNCC23CCCCC3)s1. The van der Waals surface area contributed by atoms with Gasteiger partial charge in [-0.05, 0) is 12.8 Å². The van der Waals surface area contributed by atoms with Gasteiger partial charge < -0.3 is 11.1 Å². The van der Waals surface area contributed by atoms with E-state index in [-0.39, 0.29) is 24.8 Å². The molecule has 2 aliphatic rings. The molecule has 2 heterocycles. The van der Waals surface area contributed by atoms with Gasteiger partial charge in [0.25, 0.3) is 0 Å². The van der Waals surface area contributed by atoms with Crippen LogP contribution in [-0.4, -0.2) is 35.1 Å². The predicted octanol–water partition coefficient (Wildman–Crippen LogP) is 2.68. The minimum atomic E-state index is 0. The lowest BCUT2D eigenvalue weighted by molar-refractivity contribution is 0.0216. The normalized spacial score (nSPS) is 22.0. The summed E-state index contributed by atoms with van der Waals surface area (Å²) < 4.78 is 0. The number of piperazine rings is 1. The molecule has 1 aliphatic heterocycles. The van der Waals surface area contributed by atoms with Crippen LogP contribution in [0.4, 0.5) is 5.13 Å². The lowest BCUT2D eigenvalue weighted by Crippen LogP contribution is -2.61. The molecule has 1 aliphatic carbocycles. The smallest absolute Gasteiger partial charge is 0.180 e. The maximum atomic E-state index is 5.73. The topological polar surface area (TPSA) is 54.2 Å². The molecule has 4 nitrogen and oxygen atoms in total. The zero-order valence-corrected chi connectivity index (χ0v) is 14.1. The van der Waals surface area contributed by atoms with Gasteiger partial charge in [-0.15, -0.1) is 36.2 Å². The molecule has 0 aromatic carbocycles. The highest BCUT2D eigenvalue weighted by molar-refractivity contribution is 7.15. The molecule has 1 saturated heterocycles. The first-order valence-corrected chi connectivity index (χ1v) is 7.76. The van der Waals surface area contributed by atoms with E-state index in [1.54, 1.807) is 11.3 Å². The second-order valence-corrected chi connectivity index (χ2v) is 6.69. The van der Waals surface area contributed by atoms with Crippen molar-refractivity contribution in [2.75, 3.05) is 25.4 Å². The quantitative estimate of drug-likeness (QED) is 0.870. The van der Waals surface area contributed by atoms with Gasteiger partial charge in [-0.3, -0.25) is 4.90 Å². The van der Waals surface area contributed by atoms with Crippen LogP contribution in [-0.2, 0) is 6.54 Å². The van der Waals surface area contributed by atoms with Crippen molar-refractivity contribution in [3.05, 3.63) is 11.1 Å². The molecular weight excluding hydrogens is 315 g/mol. The van der Waals surface area contributed by atoms with Crippen LogP contribution in [0.2, 0.25) is 0 Å². The predicted molar refractivity (Wildman–Crippen MR) is 90.1 cm³/mol. The summed E-state index contributed by atoms with van der Waals surface area (Å²) in [6.07, 6.45) is 8.79. The van der Waals surface area contributed by atoms with Crippen LogP contribution in [0.25, 0.3) is 0 Å². The summed E-state index contributed by atoms with van der Waals surface area (Å²) in [5.41, 5.74) is 6.13. The third kappa shape index (κ3) is 3.77. The molecule has 116 valence electrons. The van der Waals surface area contributed by atoms with E-state index in [1.165, 1.54) is 37.0 Å². The van der Waals surface area contributed by atoms with E-state index in [0.717, 1.165) is 26.2 Å². The Morgan fingerprint density at radius 1 is 1.30 bits per heavy atom. The number of aromatic nitrogens is 1. The van der Waals surface area contributed by atoms with Crippen LogP contribution in [0.1, 0.15) is 37.0 Å². The Balaban J connectivity index is 0.000001000. The molecule has 20 heavy (non-hydrogen) atoms. The highest BCUT2D eigenvalue weighted by Gasteiger charge is 2.39. The second-order valence-electron chi connectivity index (χ2n) is 5.55. The number of nitrogens with two attached hydrogens (primary N) is 1. The summed E-state index contributed by atoms with van der Waals surface area (Å²) in [5, 5.41) is 4.28. The largest absolute Gasteiger partial charge is 0.375 e. The van der Waals surface area contributed by atoms with Crippen LogP contribution in [0.5, 0.6) is 0 Å². The van der Waals surface area contributed by atoms with E-state index < -0.39 is 0 Å². The van der Waals surface area contributed by atoms with Crippen LogP contribution in [0, 0.1) is 0 Å². The van der Waals surface area contributed by atoms with Crippen molar-refractivity contribution in [1.82, 2.24) is 15.2 Å². The number of halogens is 2. The average Bonchev–Trinajstić information content (AvgIpc) is 2.79. The summed E-state index contributed by atoms with van der Waals surface area (Å²) in [6, 6.07) is 0. The van der Waals surface area contributed by atoms with Crippen molar-refractivity contribution >= 4 is 41.3 Å². The molecule has 0 bridgehead atoms. The summed E-state index contributed by atoms with van der Waals surface area (Å²) in [7, 11) is 0. The minimum absolute atomic E-state index is 0. The van der Waals surface area contributed by atoms with Gasteiger partial charge in [0.2, 0.25) is 0 Å². The van der Waals surface area contributed by atoms with E-state index in [0.29, 0.717) is 10.7 Å². The van der Waals surface area contributed by atoms with Crippen molar-refractivity contribution in [2.24, 2.45) is 0 Å². The van der Waals surface area contributed by atoms with E-state index >= 15 is 0 Å².